The molecule has 4 aromatic rings. The third kappa shape index (κ3) is 5.20. The molecule has 5 rings (SSSR count). The molecule has 1 saturated carbocycles. The van der Waals surface area contributed by atoms with Gasteiger partial charge in [-0.3, -0.25) is 10.00 Å². The number of carbonyl (C=O) groups excluding carboxylic acids is 1. The van der Waals surface area contributed by atoms with Crippen molar-refractivity contribution in [3.63, 3.8) is 0 Å². The Hall–Kier alpha value is -3.95. The Kier molecular flexibility index (Phi) is 7.57. The summed E-state index contributed by atoms with van der Waals surface area (Å²) >= 11 is 0. The Morgan fingerprint density at radius 2 is 1.84 bits per heavy atom. The summed E-state index contributed by atoms with van der Waals surface area (Å²) in [5.74, 6) is 0.396. The molecule has 38 heavy (non-hydrogen) atoms. The molecule has 2 aromatic carbocycles. The minimum atomic E-state index is -0.577. The van der Waals surface area contributed by atoms with E-state index in [9.17, 15) is 9.90 Å². The van der Waals surface area contributed by atoms with Gasteiger partial charge in [-0.1, -0.05) is 48.5 Å². The van der Waals surface area contributed by atoms with Crippen LogP contribution in [0.5, 0.6) is 0 Å². The average Bonchev–Trinajstić information content (AvgIpc) is 3.59. The standard InChI is InChI=1S/C29H34N6O3/c1-19-26(22-17-30-34(2)18-22)33-35(23-12-8-5-9-13-23)28(19)32-29(37)31-24-16-21(14-15-38-3)27(36)25(24)20-10-6-4-7-11-20/h4-13,17-18,21,24-25,27,36H,14-16H2,1-3H3,(H2,31,32,37)/t21-,24-,25+,27-/m1/s1. The number of aliphatic hydroxyl groups excluding tert-OH is 1. The van der Waals surface area contributed by atoms with Crippen LogP contribution in [-0.2, 0) is 11.8 Å². The molecule has 0 unspecified atom stereocenters. The number of anilines is 1. The molecular weight excluding hydrogens is 480 g/mol. The molecule has 2 heterocycles. The van der Waals surface area contributed by atoms with Crippen molar-refractivity contribution in [1.29, 1.82) is 0 Å². The lowest BCUT2D eigenvalue weighted by molar-refractivity contribution is 0.0896. The molecule has 1 aliphatic carbocycles. The van der Waals surface area contributed by atoms with Crippen LogP contribution in [0.4, 0.5) is 10.6 Å². The SMILES string of the molecule is COCC[C@@H]1C[C@@H](NC(=O)Nc2c(C)c(-c3cnn(C)c3)nn2-c2ccccc2)[C@H](c2ccccc2)[C@@H]1O. The first kappa shape index (κ1) is 25.7. The van der Waals surface area contributed by atoms with Crippen molar-refractivity contribution in [2.75, 3.05) is 19.0 Å². The number of rotatable bonds is 8. The van der Waals surface area contributed by atoms with Gasteiger partial charge in [-0.05, 0) is 43.4 Å². The number of amides is 2. The van der Waals surface area contributed by atoms with Crippen LogP contribution in [-0.4, -0.2) is 56.6 Å². The minimum absolute atomic E-state index is 0.0271. The Morgan fingerprint density at radius 3 is 2.50 bits per heavy atom. The van der Waals surface area contributed by atoms with E-state index in [0.29, 0.717) is 18.8 Å². The number of ether oxygens (including phenoxy) is 1. The summed E-state index contributed by atoms with van der Waals surface area (Å²) in [5, 5.41) is 26.6. The first-order valence-electron chi connectivity index (χ1n) is 12.9. The lowest BCUT2D eigenvalue weighted by Crippen LogP contribution is -2.41. The molecule has 3 N–H and O–H groups in total. The van der Waals surface area contributed by atoms with Crippen molar-refractivity contribution < 1.29 is 14.6 Å². The number of nitrogens with zero attached hydrogens (tertiary/aromatic N) is 4. The van der Waals surface area contributed by atoms with E-state index in [1.54, 1.807) is 22.7 Å². The van der Waals surface area contributed by atoms with E-state index in [-0.39, 0.29) is 23.9 Å². The summed E-state index contributed by atoms with van der Waals surface area (Å²) in [6.07, 6.45) is 4.48. The number of urea groups is 1. The first-order valence-corrected chi connectivity index (χ1v) is 12.9. The highest BCUT2D eigenvalue weighted by Gasteiger charge is 2.43. The van der Waals surface area contributed by atoms with Gasteiger partial charge in [-0.25, -0.2) is 9.48 Å². The Morgan fingerprint density at radius 1 is 1.13 bits per heavy atom. The summed E-state index contributed by atoms with van der Waals surface area (Å²) in [7, 11) is 3.52. The van der Waals surface area contributed by atoms with Gasteiger partial charge in [0.15, 0.2) is 0 Å². The number of para-hydroxylation sites is 1. The zero-order valence-corrected chi connectivity index (χ0v) is 21.9. The monoisotopic (exact) mass is 514 g/mol. The second-order valence-corrected chi connectivity index (χ2v) is 9.88. The van der Waals surface area contributed by atoms with E-state index < -0.39 is 6.10 Å². The maximum atomic E-state index is 13.5. The zero-order chi connectivity index (χ0) is 26.6. The molecule has 0 saturated heterocycles. The molecular formula is C29H34N6O3. The Bertz CT molecular complexity index is 1370. The van der Waals surface area contributed by atoms with Crippen LogP contribution >= 0.6 is 0 Å². The van der Waals surface area contributed by atoms with Crippen LogP contribution in [0, 0.1) is 12.8 Å². The van der Waals surface area contributed by atoms with Crippen LogP contribution in [0.1, 0.15) is 29.9 Å². The third-order valence-electron chi connectivity index (χ3n) is 7.37. The zero-order valence-electron chi connectivity index (χ0n) is 21.9. The number of hydrogen-bond donors (Lipinski definition) is 3. The summed E-state index contributed by atoms with van der Waals surface area (Å²) in [6, 6.07) is 19.0. The fraction of sp³-hybridized carbons (Fsp3) is 0.345. The van der Waals surface area contributed by atoms with Gasteiger partial charge in [0.2, 0.25) is 0 Å². The van der Waals surface area contributed by atoms with Crippen LogP contribution in [0.15, 0.2) is 73.1 Å². The van der Waals surface area contributed by atoms with Crippen molar-refractivity contribution in [1.82, 2.24) is 24.9 Å². The minimum Gasteiger partial charge on any atom is -0.392 e. The number of carbonyl (C=O) groups is 1. The van der Waals surface area contributed by atoms with Gasteiger partial charge in [-0.15, -0.1) is 0 Å². The van der Waals surface area contributed by atoms with E-state index >= 15 is 0 Å². The number of methoxy groups -OCH3 is 1. The fourth-order valence-electron chi connectivity index (χ4n) is 5.48. The summed E-state index contributed by atoms with van der Waals surface area (Å²) in [5.41, 5.74) is 4.29. The van der Waals surface area contributed by atoms with E-state index in [1.807, 2.05) is 80.8 Å². The van der Waals surface area contributed by atoms with Gasteiger partial charge >= 0.3 is 6.03 Å². The van der Waals surface area contributed by atoms with Crippen molar-refractivity contribution in [2.45, 2.75) is 37.8 Å². The van der Waals surface area contributed by atoms with E-state index in [0.717, 1.165) is 34.5 Å². The second kappa shape index (κ2) is 11.2. The molecule has 0 spiro atoms. The van der Waals surface area contributed by atoms with Gasteiger partial charge in [-0.2, -0.15) is 10.2 Å². The number of aryl methyl sites for hydroxylation is 1. The molecule has 198 valence electrons. The van der Waals surface area contributed by atoms with Gasteiger partial charge in [0.05, 0.1) is 18.0 Å². The van der Waals surface area contributed by atoms with Gasteiger partial charge in [0, 0.05) is 50.0 Å². The topological polar surface area (TPSA) is 106 Å². The molecule has 2 amide bonds. The summed E-state index contributed by atoms with van der Waals surface area (Å²) < 4.78 is 8.74. The molecule has 1 fully saturated rings. The van der Waals surface area contributed by atoms with Gasteiger partial charge < -0.3 is 15.2 Å². The van der Waals surface area contributed by atoms with E-state index in [2.05, 4.69) is 15.7 Å². The van der Waals surface area contributed by atoms with Crippen LogP contribution < -0.4 is 10.6 Å². The van der Waals surface area contributed by atoms with E-state index in [1.165, 1.54) is 0 Å². The first-order chi connectivity index (χ1) is 18.5. The average molecular weight is 515 g/mol. The van der Waals surface area contributed by atoms with Crippen LogP contribution in [0.2, 0.25) is 0 Å². The van der Waals surface area contributed by atoms with Crippen molar-refractivity contribution in [3.8, 4) is 16.9 Å². The normalized spacial score (nSPS) is 20.9. The van der Waals surface area contributed by atoms with Gasteiger partial charge in [0.25, 0.3) is 0 Å². The predicted octanol–water partition coefficient (Wildman–Crippen LogP) is 4.27. The number of aliphatic hydroxyl groups is 1. The highest BCUT2D eigenvalue weighted by Crippen LogP contribution is 2.40. The number of aromatic nitrogens is 4. The Balaban J connectivity index is 1.43. The molecule has 0 radical (unpaired) electrons. The highest BCUT2D eigenvalue weighted by molar-refractivity contribution is 5.91. The quantitative estimate of drug-likeness (QED) is 0.326. The molecule has 9 heteroatoms. The molecule has 9 nitrogen and oxygen atoms in total. The van der Waals surface area contributed by atoms with Gasteiger partial charge in [0.1, 0.15) is 11.5 Å². The molecule has 0 bridgehead atoms. The Labute approximate surface area is 222 Å². The fourth-order valence-corrected chi connectivity index (χ4v) is 5.48. The number of benzene rings is 2. The smallest absolute Gasteiger partial charge is 0.320 e. The third-order valence-corrected chi connectivity index (χ3v) is 7.37. The lowest BCUT2D eigenvalue weighted by atomic mass is 9.91. The van der Waals surface area contributed by atoms with Crippen LogP contribution in [0.3, 0.4) is 0 Å². The molecule has 2 aromatic heterocycles. The van der Waals surface area contributed by atoms with Crippen molar-refractivity contribution >= 4 is 11.8 Å². The molecule has 1 aliphatic rings. The van der Waals surface area contributed by atoms with Crippen molar-refractivity contribution in [2.24, 2.45) is 13.0 Å². The maximum absolute atomic E-state index is 13.5. The van der Waals surface area contributed by atoms with E-state index in [4.69, 9.17) is 9.84 Å². The number of hydrogen-bond acceptors (Lipinski definition) is 5. The number of nitrogens with one attached hydrogen (secondary N) is 2. The van der Waals surface area contributed by atoms with Crippen molar-refractivity contribution in [3.05, 3.63) is 84.2 Å². The predicted molar refractivity (Wildman–Crippen MR) is 146 cm³/mol. The second-order valence-electron chi connectivity index (χ2n) is 9.88. The molecule has 0 aliphatic heterocycles. The summed E-state index contributed by atoms with van der Waals surface area (Å²) in [4.78, 5) is 13.5. The van der Waals surface area contributed by atoms with Crippen LogP contribution in [0.25, 0.3) is 16.9 Å². The highest BCUT2D eigenvalue weighted by atomic mass is 16.5. The lowest BCUT2D eigenvalue weighted by Gasteiger charge is -2.24. The largest absolute Gasteiger partial charge is 0.392 e. The maximum Gasteiger partial charge on any atom is 0.320 e. The summed E-state index contributed by atoms with van der Waals surface area (Å²) in [6.45, 7) is 2.51. The molecule has 4 atom stereocenters.